The van der Waals surface area contributed by atoms with Gasteiger partial charge in [-0.3, -0.25) is 0 Å². The first-order chi connectivity index (χ1) is 48.3. The maximum atomic E-state index is 10.4. The summed E-state index contributed by atoms with van der Waals surface area (Å²) in [6.07, 6.45) is 1.61. The number of hydrogen-bond donors (Lipinski definition) is 8. The van der Waals surface area contributed by atoms with Gasteiger partial charge in [0.15, 0.2) is 0 Å². The summed E-state index contributed by atoms with van der Waals surface area (Å²) in [7, 11) is 0. The molecular weight excluding hydrogens is 1230 g/mol. The van der Waals surface area contributed by atoms with Crippen molar-refractivity contribution in [2.75, 3.05) is 0 Å². The van der Waals surface area contributed by atoms with Gasteiger partial charge in [-0.15, -0.1) is 0 Å². The van der Waals surface area contributed by atoms with Crippen molar-refractivity contribution in [2.45, 2.75) is 51.4 Å². The van der Waals surface area contributed by atoms with Crippen LogP contribution in [0, 0.1) is 0 Å². The fourth-order valence-electron chi connectivity index (χ4n) is 13.6. The molecule has 0 spiro atoms. The summed E-state index contributed by atoms with van der Waals surface area (Å²) in [6.45, 7) is 8.78. The van der Waals surface area contributed by atoms with E-state index >= 15 is 0 Å². The zero-order valence-corrected chi connectivity index (χ0v) is 56.0. The van der Waals surface area contributed by atoms with E-state index in [-0.39, 0.29) is 56.8 Å². The second-order valence-electron chi connectivity index (χ2n) is 26.5. The molecule has 0 saturated heterocycles. The van der Waals surface area contributed by atoms with E-state index in [0.717, 1.165) is 67.1 Å². The third kappa shape index (κ3) is 14.2. The summed E-state index contributed by atoms with van der Waals surface area (Å²) in [5.74, 6) is 2.06. The molecule has 0 fully saturated rings. The molecule has 0 bridgehead atoms. The highest BCUT2D eigenvalue weighted by atomic mass is 16.3. The lowest BCUT2D eigenvalue weighted by Crippen LogP contribution is -2.21. The van der Waals surface area contributed by atoms with Crippen molar-refractivity contribution in [3.63, 3.8) is 0 Å². The summed E-state index contributed by atoms with van der Waals surface area (Å²) < 4.78 is 0. The summed E-state index contributed by atoms with van der Waals surface area (Å²) in [5.41, 5.74) is 13.1. The smallest absolute Gasteiger partial charge is 0.124 e. The van der Waals surface area contributed by atoms with Crippen molar-refractivity contribution in [3.8, 4) is 68.2 Å². The van der Waals surface area contributed by atoms with Gasteiger partial charge < -0.3 is 40.9 Å². The maximum absolute atomic E-state index is 10.4. The van der Waals surface area contributed by atoms with Crippen LogP contribution in [0.4, 0.5) is 0 Å². The first kappa shape index (κ1) is 66.1. The number of benzene rings is 16. The van der Waals surface area contributed by atoms with E-state index in [1.807, 2.05) is 133 Å². The quantitative estimate of drug-likeness (QED) is 0.0628. The molecule has 16 aromatic carbocycles. The molecule has 492 valence electrons. The Balaban J connectivity index is 0.000000120. The average molecular weight is 1310 g/mol. The zero-order valence-electron chi connectivity index (χ0n) is 56.0. The van der Waals surface area contributed by atoms with Gasteiger partial charge in [0.1, 0.15) is 46.0 Å². The molecule has 0 saturated carbocycles. The molecule has 0 heterocycles. The molecule has 8 nitrogen and oxygen atoms in total. The molecule has 0 unspecified atom stereocenters. The van der Waals surface area contributed by atoms with Crippen molar-refractivity contribution in [3.05, 3.63) is 360 Å². The van der Waals surface area contributed by atoms with E-state index in [1.54, 1.807) is 84.9 Å². The van der Waals surface area contributed by atoms with Gasteiger partial charge in [-0.25, -0.2) is 0 Å². The number of fused-ring (bicyclic) bond motifs is 6. The van der Waals surface area contributed by atoms with Gasteiger partial charge in [0.2, 0.25) is 0 Å². The molecule has 0 aliphatic heterocycles. The zero-order chi connectivity index (χ0) is 69.7. The van der Waals surface area contributed by atoms with Gasteiger partial charge in [0.25, 0.3) is 0 Å². The van der Waals surface area contributed by atoms with Crippen LogP contribution in [-0.2, 0) is 23.7 Å². The SMILES string of the molecule is CC(C)(c1ccc(O)cc1)c1ccc(C(C)(C)c2ccc(O)cc2)cc1.Oc1ccc(Cc2c3ccccc3c(Cc3ccc(O)cc3)c3ccccc23)cc1.Oc1ccc2cc(-c3ccc4cc(O)ccc4c3)ccc2c1.Oc1ccc2ccccc2c1-c1c(O)ccc2ccccc12. The van der Waals surface area contributed by atoms with Crippen LogP contribution in [0.2, 0.25) is 0 Å². The Morgan fingerprint density at radius 2 is 0.470 bits per heavy atom. The van der Waals surface area contributed by atoms with Crippen LogP contribution in [0.25, 0.3) is 86.9 Å². The van der Waals surface area contributed by atoms with Gasteiger partial charge in [-0.1, -0.05) is 246 Å². The van der Waals surface area contributed by atoms with Crippen molar-refractivity contribution in [2.24, 2.45) is 0 Å². The van der Waals surface area contributed by atoms with Crippen LogP contribution in [0.15, 0.2) is 315 Å². The first-order valence-corrected chi connectivity index (χ1v) is 33.4. The van der Waals surface area contributed by atoms with Crippen LogP contribution in [0.1, 0.15) is 72.2 Å². The van der Waals surface area contributed by atoms with Gasteiger partial charge in [-0.05, 0) is 230 Å². The second kappa shape index (κ2) is 28.3. The molecule has 0 amide bonds. The molecule has 8 heteroatoms. The van der Waals surface area contributed by atoms with Gasteiger partial charge in [0, 0.05) is 22.0 Å². The molecule has 8 N–H and O–H groups in total. The van der Waals surface area contributed by atoms with Gasteiger partial charge >= 0.3 is 0 Å². The third-order valence-electron chi connectivity index (χ3n) is 19.3. The molecule has 0 atom stereocenters. The van der Waals surface area contributed by atoms with Crippen molar-refractivity contribution >= 4 is 64.6 Å². The monoisotopic (exact) mass is 1310 g/mol. The van der Waals surface area contributed by atoms with E-state index in [2.05, 4.69) is 125 Å². The average Bonchev–Trinajstić information content (AvgIpc) is 0.753. The summed E-state index contributed by atoms with van der Waals surface area (Å²) in [6, 6.07) is 102. The number of rotatable bonds is 10. The Kier molecular flexibility index (Phi) is 18.7. The minimum Gasteiger partial charge on any atom is -0.508 e. The van der Waals surface area contributed by atoms with E-state index in [9.17, 15) is 40.9 Å². The van der Waals surface area contributed by atoms with Crippen LogP contribution in [-0.4, -0.2) is 40.9 Å². The highest BCUT2D eigenvalue weighted by Gasteiger charge is 2.27. The highest BCUT2D eigenvalue weighted by molar-refractivity contribution is 6.10. The molecular formula is C92H76O8. The van der Waals surface area contributed by atoms with Crippen LogP contribution in [0.3, 0.4) is 0 Å². The Bertz CT molecular complexity index is 5200. The summed E-state index contributed by atoms with van der Waals surface area (Å²) in [5, 5.41) is 91.5. The second-order valence-corrected chi connectivity index (χ2v) is 26.5. The van der Waals surface area contributed by atoms with Crippen LogP contribution >= 0.6 is 0 Å². The Morgan fingerprint density at radius 3 is 0.800 bits per heavy atom. The largest absolute Gasteiger partial charge is 0.508 e. The molecule has 100 heavy (non-hydrogen) atoms. The summed E-state index contributed by atoms with van der Waals surface area (Å²) in [4.78, 5) is 0. The molecule has 0 aliphatic carbocycles. The number of phenolic OH excluding ortho intramolecular Hbond substituents is 8. The van der Waals surface area contributed by atoms with Crippen molar-refractivity contribution in [1.29, 1.82) is 0 Å². The van der Waals surface area contributed by atoms with Crippen molar-refractivity contribution < 1.29 is 40.9 Å². The predicted molar refractivity (Wildman–Crippen MR) is 411 cm³/mol. The Hall–Kier alpha value is -12.5. The van der Waals surface area contributed by atoms with E-state index in [4.69, 9.17) is 0 Å². The topological polar surface area (TPSA) is 162 Å². The lowest BCUT2D eigenvalue weighted by molar-refractivity contribution is 0.470. The molecule has 0 aliphatic rings. The van der Waals surface area contributed by atoms with Crippen LogP contribution < -0.4 is 0 Å². The summed E-state index contributed by atoms with van der Waals surface area (Å²) >= 11 is 0. The third-order valence-corrected chi connectivity index (χ3v) is 19.3. The lowest BCUT2D eigenvalue weighted by Gasteiger charge is -2.29. The number of aromatic hydroxyl groups is 8. The minimum atomic E-state index is -0.144. The lowest BCUT2D eigenvalue weighted by atomic mass is 9.74. The Labute approximate surface area is 581 Å². The molecule has 0 aromatic heterocycles. The Morgan fingerprint density at radius 1 is 0.220 bits per heavy atom. The van der Waals surface area contributed by atoms with Crippen molar-refractivity contribution in [1.82, 2.24) is 0 Å². The van der Waals surface area contributed by atoms with E-state index in [1.165, 1.54) is 66.1 Å². The highest BCUT2D eigenvalue weighted by Crippen LogP contribution is 2.45. The number of hydrogen-bond acceptors (Lipinski definition) is 8. The molecule has 16 aromatic rings. The molecule has 16 rings (SSSR count). The van der Waals surface area contributed by atoms with Gasteiger partial charge in [-0.2, -0.15) is 0 Å². The maximum Gasteiger partial charge on any atom is 0.124 e. The van der Waals surface area contributed by atoms with Crippen LogP contribution in [0.5, 0.6) is 46.0 Å². The normalized spacial score (nSPS) is 11.4. The molecule has 0 radical (unpaired) electrons. The number of phenols is 8. The van der Waals surface area contributed by atoms with E-state index < -0.39 is 0 Å². The standard InChI is InChI=1S/C28H22O2.C24H26O2.2C20H14O2/c29-21-13-9-19(10-14-21)17-27-23-5-1-2-6-24(23)28(26-8-4-3-7-25(26)27)18-20-11-15-22(30)16-12-20;1-23(2,19-9-13-21(25)14-10-19)17-5-7-18(8-6-17)24(3,4)20-11-15-22(26)16-12-20;21-19-7-5-15-9-13(1-3-17(15)11-19)14-2-4-18-12-20(22)8-6-16(18)10-14;21-17-11-9-13-5-1-3-7-15(13)19(17)20-16-8-4-2-6-14(16)10-12-18(20)22/h1-16,29-30H,17-18H2;5-16,25-26H,1-4H3;2*1-12,21-22H. The predicted octanol–water partition coefficient (Wildman–Crippen LogP) is 22.5. The minimum absolute atomic E-state index is 0.144. The fraction of sp³-hybridized carbons (Fsp3) is 0.0870. The van der Waals surface area contributed by atoms with E-state index in [0.29, 0.717) is 11.1 Å². The first-order valence-electron chi connectivity index (χ1n) is 33.4. The van der Waals surface area contributed by atoms with Gasteiger partial charge in [0.05, 0.1) is 0 Å². The fourth-order valence-corrected chi connectivity index (χ4v) is 13.6.